The average Bonchev–Trinajstić information content (AvgIpc) is 3.40. The molecule has 26 heavy (non-hydrogen) atoms. The third-order valence-electron chi connectivity index (χ3n) is 5.52. The molecule has 1 saturated carbocycles. The molecule has 134 valence electrons. The van der Waals surface area contributed by atoms with Gasteiger partial charge in [-0.15, -0.1) is 10.2 Å². The lowest BCUT2D eigenvalue weighted by Gasteiger charge is -2.33. The molecule has 5 rings (SSSR count). The van der Waals surface area contributed by atoms with Crippen molar-refractivity contribution >= 4 is 28.2 Å². The van der Waals surface area contributed by atoms with Crippen LogP contribution in [0.15, 0.2) is 30.7 Å². The minimum atomic E-state index is -0.287. The number of halogens is 2. The summed E-state index contributed by atoms with van der Waals surface area (Å²) >= 11 is 6.15. The van der Waals surface area contributed by atoms with Crippen LogP contribution in [-0.2, 0) is 0 Å². The van der Waals surface area contributed by atoms with Gasteiger partial charge >= 0.3 is 0 Å². The van der Waals surface area contributed by atoms with Gasteiger partial charge in [0.05, 0.1) is 10.7 Å². The molecule has 3 aromatic rings. The third kappa shape index (κ3) is 2.63. The van der Waals surface area contributed by atoms with Crippen LogP contribution in [0.2, 0.25) is 5.02 Å². The predicted octanol–water partition coefficient (Wildman–Crippen LogP) is 4.34. The summed E-state index contributed by atoms with van der Waals surface area (Å²) in [5.74, 6) is 1.20. The van der Waals surface area contributed by atoms with E-state index in [1.54, 1.807) is 12.3 Å². The normalized spacial score (nSPS) is 18.6. The molecular weight excluding hydrogens is 353 g/mol. The maximum Gasteiger partial charge on any atom is 0.172 e. The van der Waals surface area contributed by atoms with E-state index in [4.69, 9.17) is 11.6 Å². The Balaban J connectivity index is 1.38. The zero-order valence-electron chi connectivity index (χ0n) is 14.3. The number of rotatable bonds is 3. The standard InChI is InChI=1S/C19H19ClFN5/c20-15-5-8-22-18-14(15)3-4-16(17(18)21)25-9-6-12(7-10-25)19-24-23-11-26(19)13-1-2-13/h3-5,8,11-13H,1-2,6-7,9-10H2. The van der Waals surface area contributed by atoms with Crippen LogP contribution in [0.5, 0.6) is 0 Å². The second kappa shape index (κ2) is 6.20. The Hall–Kier alpha value is -2.21. The molecule has 1 saturated heterocycles. The monoisotopic (exact) mass is 371 g/mol. The summed E-state index contributed by atoms with van der Waals surface area (Å²) in [5.41, 5.74) is 0.944. The Morgan fingerprint density at radius 3 is 2.65 bits per heavy atom. The Labute approximate surface area is 155 Å². The molecule has 0 N–H and O–H groups in total. The fourth-order valence-electron chi connectivity index (χ4n) is 3.94. The van der Waals surface area contributed by atoms with Crippen molar-refractivity contribution in [1.29, 1.82) is 0 Å². The summed E-state index contributed by atoms with van der Waals surface area (Å²) in [6.45, 7) is 1.59. The van der Waals surface area contributed by atoms with Crippen molar-refractivity contribution in [3.63, 3.8) is 0 Å². The molecule has 0 atom stereocenters. The van der Waals surface area contributed by atoms with Crippen LogP contribution >= 0.6 is 11.6 Å². The molecule has 5 nitrogen and oxygen atoms in total. The smallest absolute Gasteiger partial charge is 0.172 e. The number of fused-ring (bicyclic) bond motifs is 1. The Kier molecular flexibility index (Phi) is 3.81. The Morgan fingerprint density at radius 2 is 1.88 bits per heavy atom. The molecule has 1 aromatic carbocycles. The first-order valence-corrected chi connectivity index (χ1v) is 9.47. The minimum absolute atomic E-state index is 0.287. The predicted molar refractivity (Wildman–Crippen MR) is 99.2 cm³/mol. The van der Waals surface area contributed by atoms with Gasteiger partial charge in [0.2, 0.25) is 0 Å². The molecule has 0 bridgehead atoms. The molecule has 7 heteroatoms. The summed E-state index contributed by atoms with van der Waals surface area (Å²) in [6.07, 6.45) is 7.76. The zero-order chi connectivity index (χ0) is 17.7. The summed E-state index contributed by atoms with van der Waals surface area (Å²) in [6, 6.07) is 5.95. The summed E-state index contributed by atoms with van der Waals surface area (Å²) in [4.78, 5) is 6.29. The van der Waals surface area contributed by atoms with Gasteiger partial charge in [0.15, 0.2) is 5.82 Å². The third-order valence-corrected chi connectivity index (χ3v) is 5.85. The lowest BCUT2D eigenvalue weighted by atomic mass is 9.95. The van der Waals surface area contributed by atoms with Crippen LogP contribution in [0.3, 0.4) is 0 Å². The first-order chi connectivity index (χ1) is 12.7. The highest BCUT2D eigenvalue weighted by molar-refractivity contribution is 6.35. The quantitative estimate of drug-likeness (QED) is 0.687. The van der Waals surface area contributed by atoms with Crippen LogP contribution in [0, 0.1) is 5.82 Å². The number of anilines is 1. The summed E-state index contributed by atoms with van der Waals surface area (Å²) in [5, 5.41) is 9.66. The number of aromatic nitrogens is 4. The van der Waals surface area contributed by atoms with E-state index in [0.717, 1.165) is 31.8 Å². The maximum atomic E-state index is 15.0. The van der Waals surface area contributed by atoms with E-state index >= 15 is 0 Å². The highest BCUT2D eigenvalue weighted by atomic mass is 35.5. The lowest BCUT2D eigenvalue weighted by molar-refractivity contribution is 0.461. The highest BCUT2D eigenvalue weighted by Crippen LogP contribution is 2.39. The van der Waals surface area contributed by atoms with Gasteiger partial charge in [-0.05, 0) is 43.9 Å². The van der Waals surface area contributed by atoms with E-state index in [-0.39, 0.29) is 5.82 Å². The molecule has 0 radical (unpaired) electrons. The average molecular weight is 372 g/mol. The van der Waals surface area contributed by atoms with Crippen molar-refractivity contribution in [3.05, 3.63) is 47.4 Å². The van der Waals surface area contributed by atoms with Gasteiger partial charge in [0.25, 0.3) is 0 Å². The number of nitrogens with zero attached hydrogens (tertiary/aromatic N) is 5. The van der Waals surface area contributed by atoms with Gasteiger partial charge in [-0.25, -0.2) is 4.39 Å². The highest BCUT2D eigenvalue weighted by Gasteiger charge is 2.31. The van der Waals surface area contributed by atoms with E-state index in [1.807, 2.05) is 18.5 Å². The van der Waals surface area contributed by atoms with Crippen molar-refractivity contribution in [2.45, 2.75) is 37.6 Å². The minimum Gasteiger partial charge on any atom is -0.369 e. The van der Waals surface area contributed by atoms with Gasteiger partial charge in [-0.1, -0.05) is 11.6 Å². The van der Waals surface area contributed by atoms with Crippen LogP contribution < -0.4 is 4.90 Å². The van der Waals surface area contributed by atoms with E-state index in [2.05, 4.69) is 24.6 Å². The number of pyridine rings is 1. The fourth-order valence-corrected chi connectivity index (χ4v) is 4.15. The molecule has 2 aromatic heterocycles. The lowest BCUT2D eigenvalue weighted by Crippen LogP contribution is -2.34. The second-order valence-corrected chi connectivity index (χ2v) is 7.58. The van der Waals surface area contributed by atoms with Crippen LogP contribution in [0.25, 0.3) is 10.9 Å². The van der Waals surface area contributed by atoms with Crippen LogP contribution in [0.1, 0.15) is 43.5 Å². The summed E-state index contributed by atoms with van der Waals surface area (Å²) in [7, 11) is 0. The van der Waals surface area contributed by atoms with Crippen LogP contribution in [0.4, 0.5) is 10.1 Å². The largest absolute Gasteiger partial charge is 0.369 e. The van der Waals surface area contributed by atoms with Gasteiger partial charge in [0.1, 0.15) is 17.7 Å². The van der Waals surface area contributed by atoms with Crippen molar-refractivity contribution in [3.8, 4) is 0 Å². The Bertz CT molecular complexity index is 960. The second-order valence-electron chi connectivity index (χ2n) is 7.18. The van der Waals surface area contributed by atoms with Crippen molar-refractivity contribution in [1.82, 2.24) is 19.7 Å². The van der Waals surface area contributed by atoms with E-state index < -0.39 is 0 Å². The number of benzene rings is 1. The van der Waals surface area contributed by atoms with Gasteiger partial charge in [-0.2, -0.15) is 0 Å². The van der Waals surface area contributed by atoms with Crippen LogP contribution in [-0.4, -0.2) is 32.8 Å². The Morgan fingerprint density at radius 1 is 1.08 bits per heavy atom. The summed E-state index contributed by atoms with van der Waals surface area (Å²) < 4.78 is 17.2. The number of hydrogen-bond donors (Lipinski definition) is 0. The molecule has 2 fully saturated rings. The molecule has 2 aliphatic rings. The molecule has 0 spiro atoms. The number of hydrogen-bond acceptors (Lipinski definition) is 4. The van der Waals surface area contributed by atoms with E-state index in [9.17, 15) is 4.39 Å². The maximum absolute atomic E-state index is 15.0. The molecular formula is C19H19ClFN5. The van der Waals surface area contributed by atoms with E-state index in [0.29, 0.717) is 33.6 Å². The molecule has 1 aliphatic carbocycles. The number of piperidine rings is 1. The topological polar surface area (TPSA) is 46.8 Å². The molecule has 0 unspecified atom stereocenters. The van der Waals surface area contributed by atoms with Crippen molar-refractivity contribution in [2.24, 2.45) is 0 Å². The molecule has 0 amide bonds. The van der Waals surface area contributed by atoms with Gasteiger partial charge in [0, 0.05) is 36.6 Å². The van der Waals surface area contributed by atoms with E-state index in [1.165, 1.54) is 12.8 Å². The SMILES string of the molecule is Fc1c(N2CCC(c3nncn3C3CC3)CC2)ccc2c(Cl)ccnc12. The molecule has 3 heterocycles. The van der Waals surface area contributed by atoms with Crippen molar-refractivity contribution < 1.29 is 4.39 Å². The first kappa shape index (κ1) is 16.0. The van der Waals surface area contributed by atoms with Gasteiger partial charge in [-0.3, -0.25) is 4.98 Å². The zero-order valence-corrected chi connectivity index (χ0v) is 15.0. The molecule has 1 aliphatic heterocycles. The first-order valence-electron chi connectivity index (χ1n) is 9.09. The van der Waals surface area contributed by atoms with Gasteiger partial charge < -0.3 is 9.47 Å². The fraction of sp³-hybridized carbons (Fsp3) is 0.421. The van der Waals surface area contributed by atoms with Crippen molar-refractivity contribution in [2.75, 3.05) is 18.0 Å².